The summed E-state index contributed by atoms with van der Waals surface area (Å²) in [5.41, 5.74) is 0.975. The van der Waals surface area contributed by atoms with Crippen molar-refractivity contribution in [3.8, 4) is 0 Å². The summed E-state index contributed by atoms with van der Waals surface area (Å²) in [5, 5.41) is 4.47. The first-order valence-corrected chi connectivity index (χ1v) is 7.51. The highest BCUT2D eigenvalue weighted by molar-refractivity contribution is 7.92. The molecule has 1 N–H and O–H groups in total. The molecule has 0 spiro atoms. The van der Waals surface area contributed by atoms with Crippen LogP contribution >= 0.6 is 23.2 Å². The largest absolute Gasteiger partial charge is 0.276 e. The lowest BCUT2D eigenvalue weighted by molar-refractivity contribution is 0.601. The Morgan fingerprint density at radius 2 is 2.00 bits per heavy atom. The van der Waals surface area contributed by atoms with Crippen LogP contribution in [0.25, 0.3) is 0 Å². The topological polar surface area (TPSA) is 64.0 Å². The van der Waals surface area contributed by atoms with Gasteiger partial charge in [0, 0.05) is 18.3 Å². The van der Waals surface area contributed by atoms with Crippen molar-refractivity contribution in [2.45, 2.75) is 11.8 Å². The van der Waals surface area contributed by atoms with Crippen LogP contribution in [0.15, 0.2) is 29.3 Å². The van der Waals surface area contributed by atoms with Gasteiger partial charge in [0.2, 0.25) is 0 Å². The smallest absolute Gasteiger partial charge is 0.263 e. The van der Waals surface area contributed by atoms with Gasteiger partial charge < -0.3 is 0 Å². The summed E-state index contributed by atoms with van der Waals surface area (Å²) >= 11 is 11.7. The molecule has 102 valence electrons. The Bertz CT molecular complexity index is 726. The van der Waals surface area contributed by atoms with Crippen LogP contribution in [-0.4, -0.2) is 18.2 Å². The Labute approximate surface area is 121 Å². The molecule has 0 fully saturated rings. The van der Waals surface area contributed by atoms with E-state index in [2.05, 4.69) is 9.82 Å². The summed E-state index contributed by atoms with van der Waals surface area (Å²) in [7, 11) is -2.09. The number of anilines is 1. The number of aryl methyl sites for hydroxylation is 2. The Morgan fingerprint density at radius 3 is 2.58 bits per heavy atom. The molecule has 19 heavy (non-hydrogen) atoms. The van der Waals surface area contributed by atoms with Gasteiger partial charge in [0.05, 0.1) is 16.4 Å². The van der Waals surface area contributed by atoms with Gasteiger partial charge >= 0.3 is 0 Å². The normalized spacial score (nSPS) is 11.6. The Hall–Kier alpha value is -1.24. The first-order valence-electron chi connectivity index (χ1n) is 5.28. The zero-order valence-electron chi connectivity index (χ0n) is 10.2. The molecule has 0 atom stereocenters. The molecular formula is C11H11Cl2N3O2S. The third-order valence-corrected chi connectivity index (χ3v) is 4.52. The maximum absolute atomic E-state index is 12.2. The van der Waals surface area contributed by atoms with E-state index in [1.54, 1.807) is 20.2 Å². The number of halogens is 2. The van der Waals surface area contributed by atoms with Crippen LogP contribution in [0.4, 0.5) is 5.69 Å². The second kappa shape index (κ2) is 5.03. The van der Waals surface area contributed by atoms with E-state index in [4.69, 9.17) is 23.2 Å². The number of sulfonamides is 1. The molecule has 0 aliphatic heterocycles. The number of hydrogen-bond donors (Lipinski definition) is 1. The van der Waals surface area contributed by atoms with E-state index in [0.717, 1.165) is 0 Å². The molecule has 0 saturated carbocycles. The molecule has 1 aromatic heterocycles. The fraction of sp³-hybridized carbons (Fsp3) is 0.182. The van der Waals surface area contributed by atoms with Crippen molar-refractivity contribution in [1.82, 2.24) is 9.78 Å². The molecule has 5 nitrogen and oxygen atoms in total. The average Bonchev–Trinajstić information content (AvgIpc) is 2.60. The first-order chi connectivity index (χ1) is 8.79. The summed E-state index contributed by atoms with van der Waals surface area (Å²) in [6.07, 6.45) is 1.57. The standard InChI is InChI=1S/C11H11Cl2N3O2S/c1-7-10(6-16(2)14-7)15-19(17,18)11-5-8(12)3-4-9(11)13/h3-6,15H,1-2H3. The highest BCUT2D eigenvalue weighted by Gasteiger charge is 2.20. The lowest BCUT2D eigenvalue weighted by Gasteiger charge is -2.08. The van der Waals surface area contributed by atoms with Crippen molar-refractivity contribution in [3.63, 3.8) is 0 Å². The van der Waals surface area contributed by atoms with Crippen LogP contribution in [0.5, 0.6) is 0 Å². The Morgan fingerprint density at radius 1 is 1.32 bits per heavy atom. The van der Waals surface area contributed by atoms with Crippen molar-refractivity contribution in [2.75, 3.05) is 4.72 Å². The van der Waals surface area contributed by atoms with Gasteiger partial charge in [-0.05, 0) is 25.1 Å². The van der Waals surface area contributed by atoms with E-state index in [9.17, 15) is 8.42 Å². The predicted molar refractivity (Wildman–Crippen MR) is 75.2 cm³/mol. The molecular weight excluding hydrogens is 309 g/mol. The highest BCUT2D eigenvalue weighted by Crippen LogP contribution is 2.27. The van der Waals surface area contributed by atoms with Gasteiger partial charge in [0.1, 0.15) is 4.90 Å². The van der Waals surface area contributed by atoms with Crippen LogP contribution in [0.2, 0.25) is 10.0 Å². The molecule has 0 radical (unpaired) electrons. The number of aromatic nitrogens is 2. The fourth-order valence-corrected chi connectivity index (χ4v) is 3.45. The molecule has 0 amide bonds. The average molecular weight is 320 g/mol. The number of nitrogens with zero attached hydrogens (tertiary/aromatic N) is 2. The van der Waals surface area contributed by atoms with E-state index < -0.39 is 10.0 Å². The fourth-order valence-electron chi connectivity index (χ4n) is 1.58. The van der Waals surface area contributed by atoms with E-state index in [1.165, 1.54) is 22.9 Å². The summed E-state index contributed by atoms with van der Waals surface area (Å²) in [6.45, 7) is 1.71. The molecule has 8 heteroatoms. The van der Waals surface area contributed by atoms with Gasteiger partial charge in [0.25, 0.3) is 10.0 Å². The van der Waals surface area contributed by atoms with Gasteiger partial charge in [-0.3, -0.25) is 9.40 Å². The molecule has 0 saturated heterocycles. The zero-order chi connectivity index (χ0) is 14.2. The number of rotatable bonds is 3. The molecule has 0 unspecified atom stereocenters. The Balaban J connectivity index is 2.43. The molecule has 1 aromatic carbocycles. The predicted octanol–water partition coefficient (Wildman–Crippen LogP) is 2.84. The van der Waals surface area contributed by atoms with Gasteiger partial charge in [-0.1, -0.05) is 23.2 Å². The van der Waals surface area contributed by atoms with Crippen molar-refractivity contribution < 1.29 is 8.42 Å². The van der Waals surface area contributed by atoms with Gasteiger partial charge in [0.15, 0.2) is 0 Å². The zero-order valence-corrected chi connectivity index (χ0v) is 12.5. The van der Waals surface area contributed by atoms with E-state index >= 15 is 0 Å². The van der Waals surface area contributed by atoms with Gasteiger partial charge in [-0.2, -0.15) is 5.10 Å². The Kier molecular flexibility index (Phi) is 3.75. The molecule has 0 aliphatic carbocycles. The second-order valence-electron chi connectivity index (χ2n) is 3.98. The van der Waals surface area contributed by atoms with Crippen molar-refractivity contribution in [2.24, 2.45) is 7.05 Å². The van der Waals surface area contributed by atoms with Gasteiger partial charge in [-0.15, -0.1) is 0 Å². The van der Waals surface area contributed by atoms with Crippen molar-refractivity contribution in [1.29, 1.82) is 0 Å². The molecule has 0 bridgehead atoms. The molecule has 1 heterocycles. The maximum Gasteiger partial charge on any atom is 0.263 e. The number of benzene rings is 1. The minimum Gasteiger partial charge on any atom is -0.276 e. The lowest BCUT2D eigenvalue weighted by atomic mass is 10.4. The van der Waals surface area contributed by atoms with E-state index in [0.29, 0.717) is 16.4 Å². The highest BCUT2D eigenvalue weighted by atomic mass is 35.5. The summed E-state index contributed by atoms with van der Waals surface area (Å²) in [4.78, 5) is -0.0649. The molecule has 2 aromatic rings. The van der Waals surface area contributed by atoms with Gasteiger partial charge in [-0.25, -0.2) is 8.42 Å². The van der Waals surface area contributed by atoms with Crippen LogP contribution in [0.3, 0.4) is 0 Å². The first kappa shape index (κ1) is 14.2. The van der Waals surface area contributed by atoms with Crippen LogP contribution in [-0.2, 0) is 17.1 Å². The van der Waals surface area contributed by atoms with Crippen molar-refractivity contribution in [3.05, 3.63) is 40.1 Å². The third kappa shape index (κ3) is 3.02. The van der Waals surface area contributed by atoms with E-state index in [-0.39, 0.29) is 9.92 Å². The minimum atomic E-state index is -3.80. The summed E-state index contributed by atoms with van der Waals surface area (Å²) in [5.74, 6) is 0. The van der Waals surface area contributed by atoms with Crippen LogP contribution < -0.4 is 4.72 Å². The maximum atomic E-state index is 12.2. The summed E-state index contributed by atoms with van der Waals surface area (Å²) in [6, 6.07) is 4.27. The number of nitrogens with one attached hydrogen (secondary N) is 1. The van der Waals surface area contributed by atoms with Crippen LogP contribution in [0, 0.1) is 6.92 Å². The summed E-state index contributed by atoms with van der Waals surface area (Å²) < 4.78 is 28.4. The monoisotopic (exact) mass is 319 g/mol. The molecule has 2 rings (SSSR count). The third-order valence-electron chi connectivity index (χ3n) is 2.44. The van der Waals surface area contributed by atoms with Crippen LogP contribution in [0.1, 0.15) is 5.69 Å². The lowest BCUT2D eigenvalue weighted by Crippen LogP contribution is -2.13. The second-order valence-corrected chi connectivity index (χ2v) is 6.48. The molecule has 0 aliphatic rings. The quantitative estimate of drug-likeness (QED) is 0.946. The van der Waals surface area contributed by atoms with Crippen molar-refractivity contribution >= 4 is 38.9 Å². The minimum absolute atomic E-state index is 0.0649. The SMILES string of the molecule is Cc1nn(C)cc1NS(=O)(=O)c1cc(Cl)ccc1Cl. The van der Waals surface area contributed by atoms with E-state index in [1.807, 2.05) is 0 Å². The number of hydrogen-bond acceptors (Lipinski definition) is 3.